The van der Waals surface area contributed by atoms with Gasteiger partial charge in [-0.25, -0.2) is 14.6 Å². The van der Waals surface area contributed by atoms with Crippen LogP contribution in [0.4, 0.5) is 10.5 Å². The molecule has 2 rings (SSSR count). The summed E-state index contributed by atoms with van der Waals surface area (Å²) in [6, 6.07) is 3.29. The molecule has 8 nitrogen and oxygen atoms in total. The zero-order valence-electron chi connectivity index (χ0n) is 11.2. The second-order valence-electron chi connectivity index (χ2n) is 4.30. The molecule has 8 heteroatoms. The van der Waals surface area contributed by atoms with Crippen molar-refractivity contribution in [2.45, 2.75) is 6.54 Å². The van der Waals surface area contributed by atoms with Crippen molar-refractivity contribution in [3.63, 3.8) is 0 Å². The molecule has 0 aliphatic rings. The molecule has 0 aliphatic carbocycles. The van der Waals surface area contributed by atoms with E-state index in [-0.39, 0.29) is 17.8 Å². The number of phenols is 1. The second kappa shape index (κ2) is 5.95. The Balaban J connectivity index is 1.95. The molecule has 0 aliphatic heterocycles. The lowest BCUT2D eigenvalue weighted by molar-refractivity contribution is 0.0694. The number of carbonyl (C=O) groups excluding carboxylic acids is 1. The summed E-state index contributed by atoms with van der Waals surface area (Å²) in [5.41, 5.74) is 0.0591. The topological polar surface area (TPSA) is 116 Å². The van der Waals surface area contributed by atoms with Gasteiger partial charge < -0.3 is 25.4 Å². The van der Waals surface area contributed by atoms with Gasteiger partial charge in [0.2, 0.25) is 0 Å². The van der Waals surface area contributed by atoms with Gasteiger partial charge in [0.25, 0.3) is 0 Å². The Labute approximate surface area is 120 Å². The van der Waals surface area contributed by atoms with Crippen molar-refractivity contribution in [1.82, 2.24) is 14.9 Å². The number of rotatable bonds is 4. The number of benzene rings is 1. The summed E-state index contributed by atoms with van der Waals surface area (Å²) in [6.45, 7) is 0.245. The number of aromatic hydroxyl groups is 1. The van der Waals surface area contributed by atoms with Gasteiger partial charge in [-0.3, -0.25) is 0 Å². The highest BCUT2D eigenvalue weighted by atomic mass is 16.4. The van der Waals surface area contributed by atoms with E-state index in [2.05, 4.69) is 15.6 Å². The Morgan fingerprint density at radius 2 is 2.14 bits per heavy atom. The third kappa shape index (κ3) is 3.50. The highest BCUT2D eigenvalue weighted by molar-refractivity contribution is 5.93. The zero-order valence-corrected chi connectivity index (χ0v) is 11.2. The van der Waals surface area contributed by atoms with Crippen LogP contribution in [0, 0.1) is 0 Å². The molecule has 0 saturated carbocycles. The molecule has 0 unspecified atom stereocenters. The minimum atomic E-state index is -1.24. The number of nitrogens with zero attached hydrogens (tertiary/aromatic N) is 2. The molecule has 21 heavy (non-hydrogen) atoms. The van der Waals surface area contributed by atoms with Crippen molar-refractivity contribution in [1.29, 1.82) is 0 Å². The molecule has 1 heterocycles. The maximum absolute atomic E-state index is 11.7. The van der Waals surface area contributed by atoms with Crippen LogP contribution in [0.1, 0.15) is 16.2 Å². The monoisotopic (exact) mass is 290 g/mol. The molecule has 1 aromatic carbocycles. The van der Waals surface area contributed by atoms with Crippen molar-refractivity contribution in [2.75, 3.05) is 5.32 Å². The fourth-order valence-corrected chi connectivity index (χ4v) is 1.69. The van der Waals surface area contributed by atoms with Gasteiger partial charge in [0.05, 0.1) is 6.54 Å². The lowest BCUT2D eigenvalue weighted by atomic mass is 10.2. The van der Waals surface area contributed by atoms with Crippen molar-refractivity contribution in [3.8, 4) is 5.75 Å². The Bertz CT molecular complexity index is 681. The van der Waals surface area contributed by atoms with Crippen LogP contribution >= 0.6 is 0 Å². The Morgan fingerprint density at radius 3 is 2.71 bits per heavy atom. The van der Waals surface area contributed by atoms with E-state index in [1.165, 1.54) is 18.2 Å². The van der Waals surface area contributed by atoms with Crippen LogP contribution in [-0.4, -0.2) is 31.8 Å². The molecular formula is C13H14N4O4. The standard InChI is InChI=1S/C13H14N4O4/c1-17-5-4-14-11(17)7-15-13(21)16-8-2-3-9(12(19)20)10(18)6-8/h2-6,18H,7H2,1H3,(H,19,20)(H2,15,16,21). The number of hydrogen-bond donors (Lipinski definition) is 4. The van der Waals surface area contributed by atoms with E-state index in [9.17, 15) is 14.7 Å². The Hall–Kier alpha value is -3.03. The van der Waals surface area contributed by atoms with Gasteiger partial charge in [0, 0.05) is 31.2 Å². The molecule has 2 amide bonds. The van der Waals surface area contributed by atoms with Crippen LogP contribution < -0.4 is 10.6 Å². The zero-order chi connectivity index (χ0) is 15.4. The van der Waals surface area contributed by atoms with E-state index < -0.39 is 17.7 Å². The Morgan fingerprint density at radius 1 is 1.38 bits per heavy atom. The number of aromatic carboxylic acids is 1. The van der Waals surface area contributed by atoms with E-state index in [1.807, 2.05) is 7.05 Å². The number of anilines is 1. The maximum atomic E-state index is 11.7. The van der Waals surface area contributed by atoms with Crippen molar-refractivity contribution in [3.05, 3.63) is 42.0 Å². The summed E-state index contributed by atoms with van der Waals surface area (Å²) < 4.78 is 1.77. The number of urea groups is 1. The molecule has 0 radical (unpaired) electrons. The van der Waals surface area contributed by atoms with E-state index in [1.54, 1.807) is 17.0 Å². The van der Waals surface area contributed by atoms with Gasteiger partial charge in [-0.1, -0.05) is 0 Å². The molecule has 0 spiro atoms. The average Bonchev–Trinajstić information content (AvgIpc) is 2.81. The van der Waals surface area contributed by atoms with Crippen LogP contribution in [0.3, 0.4) is 0 Å². The van der Waals surface area contributed by atoms with Crippen molar-refractivity contribution < 1.29 is 19.8 Å². The number of carboxylic acids is 1. The van der Waals surface area contributed by atoms with Gasteiger partial charge >= 0.3 is 12.0 Å². The van der Waals surface area contributed by atoms with E-state index >= 15 is 0 Å². The van der Waals surface area contributed by atoms with Crippen LogP contribution in [0.2, 0.25) is 0 Å². The number of amides is 2. The average molecular weight is 290 g/mol. The van der Waals surface area contributed by atoms with Gasteiger partial charge in [0.1, 0.15) is 17.1 Å². The number of nitrogens with one attached hydrogen (secondary N) is 2. The third-order valence-electron chi connectivity index (χ3n) is 2.81. The van der Waals surface area contributed by atoms with Gasteiger partial charge in [0.15, 0.2) is 0 Å². The number of carboxylic acid groups (broad SMARTS) is 1. The SMILES string of the molecule is Cn1ccnc1CNC(=O)Nc1ccc(C(=O)O)c(O)c1. The quantitative estimate of drug-likeness (QED) is 0.674. The fraction of sp³-hybridized carbons (Fsp3) is 0.154. The van der Waals surface area contributed by atoms with Gasteiger partial charge in [-0.05, 0) is 12.1 Å². The largest absolute Gasteiger partial charge is 0.507 e. The van der Waals surface area contributed by atoms with Crippen molar-refractivity contribution in [2.24, 2.45) is 7.05 Å². The maximum Gasteiger partial charge on any atom is 0.339 e. The number of imidazole rings is 1. The minimum Gasteiger partial charge on any atom is -0.507 e. The first-order chi connectivity index (χ1) is 9.97. The van der Waals surface area contributed by atoms with E-state index in [0.717, 1.165) is 0 Å². The predicted octanol–water partition coefficient (Wildman–Crippen LogP) is 1.15. The molecule has 0 fully saturated rings. The predicted molar refractivity (Wildman–Crippen MR) is 74.1 cm³/mol. The second-order valence-corrected chi connectivity index (χ2v) is 4.30. The first kappa shape index (κ1) is 14.4. The molecular weight excluding hydrogens is 276 g/mol. The first-order valence-corrected chi connectivity index (χ1v) is 6.04. The summed E-state index contributed by atoms with van der Waals surface area (Å²) in [7, 11) is 1.81. The number of aryl methyl sites for hydroxylation is 1. The van der Waals surface area contributed by atoms with Crippen LogP contribution in [0.15, 0.2) is 30.6 Å². The lowest BCUT2D eigenvalue weighted by Crippen LogP contribution is -2.29. The lowest BCUT2D eigenvalue weighted by Gasteiger charge is -2.08. The molecule has 110 valence electrons. The molecule has 4 N–H and O–H groups in total. The normalized spacial score (nSPS) is 10.1. The number of aromatic nitrogens is 2. The molecule has 0 saturated heterocycles. The molecule has 2 aromatic rings. The van der Waals surface area contributed by atoms with E-state index in [4.69, 9.17) is 5.11 Å². The summed E-state index contributed by atoms with van der Waals surface area (Å²) in [6.07, 6.45) is 3.38. The number of carbonyl (C=O) groups is 2. The van der Waals surface area contributed by atoms with Crippen molar-refractivity contribution >= 4 is 17.7 Å². The van der Waals surface area contributed by atoms with Crippen LogP contribution in [-0.2, 0) is 13.6 Å². The summed E-state index contributed by atoms with van der Waals surface area (Å²) in [5.74, 6) is -0.961. The van der Waals surface area contributed by atoms with Gasteiger partial charge in [-0.2, -0.15) is 0 Å². The van der Waals surface area contributed by atoms with Crippen LogP contribution in [0.5, 0.6) is 5.75 Å². The third-order valence-corrected chi connectivity index (χ3v) is 2.81. The smallest absolute Gasteiger partial charge is 0.339 e. The highest BCUT2D eigenvalue weighted by Crippen LogP contribution is 2.21. The minimum absolute atomic E-state index is 0.228. The summed E-state index contributed by atoms with van der Waals surface area (Å²) >= 11 is 0. The van der Waals surface area contributed by atoms with E-state index in [0.29, 0.717) is 5.82 Å². The molecule has 1 aromatic heterocycles. The summed E-state index contributed by atoms with van der Waals surface area (Å²) in [4.78, 5) is 26.5. The van der Waals surface area contributed by atoms with Gasteiger partial charge in [-0.15, -0.1) is 0 Å². The molecule has 0 atom stereocenters. The Kier molecular flexibility index (Phi) is 4.07. The molecule has 0 bridgehead atoms. The highest BCUT2D eigenvalue weighted by Gasteiger charge is 2.11. The summed E-state index contributed by atoms with van der Waals surface area (Å²) in [5, 5.41) is 23.4. The fourth-order valence-electron chi connectivity index (χ4n) is 1.69. The van der Waals surface area contributed by atoms with Crippen LogP contribution in [0.25, 0.3) is 0 Å². The first-order valence-electron chi connectivity index (χ1n) is 6.04. The number of hydrogen-bond acceptors (Lipinski definition) is 4.